The first-order valence-electron chi connectivity index (χ1n) is 8.82. The van der Waals surface area contributed by atoms with Crippen LogP contribution in [0.3, 0.4) is 0 Å². The summed E-state index contributed by atoms with van der Waals surface area (Å²) in [6, 6.07) is 17.6. The molecule has 1 saturated heterocycles. The lowest BCUT2D eigenvalue weighted by atomic mass is 9.77. The van der Waals surface area contributed by atoms with Crippen molar-refractivity contribution in [2.75, 3.05) is 13.1 Å². The van der Waals surface area contributed by atoms with Gasteiger partial charge in [-0.3, -0.25) is 0 Å². The summed E-state index contributed by atoms with van der Waals surface area (Å²) in [7, 11) is 0. The fourth-order valence-corrected chi connectivity index (χ4v) is 3.75. The van der Waals surface area contributed by atoms with E-state index in [1.54, 1.807) is 12.1 Å². The number of aromatic hydroxyl groups is 1. The predicted octanol–water partition coefficient (Wildman–Crippen LogP) is 5.06. The van der Waals surface area contributed by atoms with Gasteiger partial charge in [0.25, 0.3) is 0 Å². The fraction of sp³-hybridized carbons (Fsp3) is 0.429. The molecule has 0 aliphatic carbocycles. The number of piperidine rings is 1. The van der Waals surface area contributed by atoms with Gasteiger partial charge in [0.05, 0.1) is 0 Å². The molecule has 25 heavy (non-hydrogen) atoms. The van der Waals surface area contributed by atoms with Gasteiger partial charge in [-0.2, -0.15) is 0 Å². The molecule has 0 bridgehead atoms. The lowest BCUT2D eigenvalue weighted by Gasteiger charge is -2.37. The summed E-state index contributed by atoms with van der Waals surface area (Å²) in [4.78, 5) is 0. The molecule has 1 heterocycles. The number of hydrogen-bond donors (Lipinski definition) is 2. The van der Waals surface area contributed by atoms with Gasteiger partial charge in [0.2, 0.25) is 0 Å². The molecular formula is C21H27ClFNO. The van der Waals surface area contributed by atoms with Crippen molar-refractivity contribution >= 4 is 12.4 Å². The van der Waals surface area contributed by atoms with E-state index in [0.717, 1.165) is 25.1 Å². The summed E-state index contributed by atoms with van der Waals surface area (Å²) in [5.41, 5.74) is 1.12. The van der Waals surface area contributed by atoms with E-state index in [-0.39, 0.29) is 30.0 Å². The van der Waals surface area contributed by atoms with E-state index in [0.29, 0.717) is 12.8 Å². The Morgan fingerprint density at radius 2 is 1.88 bits per heavy atom. The predicted molar refractivity (Wildman–Crippen MR) is 103 cm³/mol. The standard InChI is InChI=1S/C21H26FNO.ClH/c1-16-15-23-13-12-21(16,22)11-10-20(17-6-3-2-4-7-17)18-8-5-9-19(24)14-18;/h2-9,14,16,20,23-24H,10-13,15H2,1H3;1H. The molecular weight excluding hydrogens is 337 g/mol. The van der Waals surface area contributed by atoms with Crippen LogP contribution in [0.15, 0.2) is 54.6 Å². The zero-order chi connectivity index (χ0) is 17.0. The first-order valence-corrected chi connectivity index (χ1v) is 8.82. The Bertz CT molecular complexity index is 666. The molecule has 1 aliphatic rings. The number of hydrogen-bond acceptors (Lipinski definition) is 2. The third kappa shape index (κ3) is 4.74. The van der Waals surface area contributed by atoms with Gasteiger partial charge in [0.1, 0.15) is 11.4 Å². The maximum absolute atomic E-state index is 15.3. The Hall–Kier alpha value is -1.58. The molecule has 2 aromatic carbocycles. The molecule has 2 nitrogen and oxygen atoms in total. The largest absolute Gasteiger partial charge is 0.508 e. The number of alkyl halides is 1. The minimum absolute atomic E-state index is 0. The first-order chi connectivity index (χ1) is 11.6. The van der Waals surface area contributed by atoms with Crippen LogP contribution in [0, 0.1) is 5.92 Å². The van der Waals surface area contributed by atoms with Crippen LogP contribution < -0.4 is 5.32 Å². The molecule has 2 N–H and O–H groups in total. The molecule has 0 aromatic heterocycles. The number of phenolic OH excluding ortho intramolecular Hbond substituents is 1. The Morgan fingerprint density at radius 3 is 2.56 bits per heavy atom. The van der Waals surface area contributed by atoms with Crippen LogP contribution >= 0.6 is 12.4 Å². The number of nitrogens with one attached hydrogen (secondary N) is 1. The number of rotatable bonds is 5. The second-order valence-corrected chi connectivity index (χ2v) is 6.99. The van der Waals surface area contributed by atoms with Gasteiger partial charge in [0, 0.05) is 18.4 Å². The Kier molecular flexibility index (Phi) is 6.86. The topological polar surface area (TPSA) is 32.3 Å². The van der Waals surface area contributed by atoms with E-state index in [4.69, 9.17) is 0 Å². The van der Waals surface area contributed by atoms with Crippen LogP contribution in [0.2, 0.25) is 0 Å². The van der Waals surface area contributed by atoms with Crippen molar-refractivity contribution in [1.29, 1.82) is 0 Å². The highest BCUT2D eigenvalue weighted by Gasteiger charge is 2.38. The molecule has 0 amide bonds. The van der Waals surface area contributed by atoms with Gasteiger partial charge in [-0.05, 0) is 49.1 Å². The van der Waals surface area contributed by atoms with E-state index < -0.39 is 5.67 Å². The highest BCUT2D eigenvalue weighted by molar-refractivity contribution is 5.85. The van der Waals surface area contributed by atoms with Crippen LogP contribution in [-0.2, 0) is 0 Å². The van der Waals surface area contributed by atoms with Gasteiger partial charge in [-0.25, -0.2) is 4.39 Å². The zero-order valence-electron chi connectivity index (χ0n) is 14.6. The second-order valence-electron chi connectivity index (χ2n) is 6.99. The Balaban J connectivity index is 0.00000225. The molecule has 2 aromatic rings. The molecule has 3 unspecified atom stereocenters. The lowest BCUT2D eigenvalue weighted by molar-refractivity contribution is 0.0456. The highest BCUT2D eigenvalue weighted by Crippen LogP contribution is 2.38. The molecule has 136 valence electrons. The minimum Gasteiger partial charge on any atom is -0.508 e. The monoisotopic (exact) mass is 363 g/mol. The number of halogens is 2. The average molecular weight is 364 g/mol. The van der Waals surface area contributed by atoms with Crippen molar-refractivity contribution in [2.24, 2.45) is 5.92 Å². The van der Waals surface area contributed by atoms with Crippen molar-refractivity contribution < 1.29 is 9.50 Å². The summed E-state index contributed by atoms with van der Waals surface area (Å²) in [6.07, 6.45) is 1.87. The lowest BCUT2D eigenvalue weighted by Crippen LogP contribution is -2.46. The molecule has 1 aliphatic heterocycles. The Labute approximate surface area is 155 Å². The van der Waals surface area contributed by atoms with E-state index in [2.05, 4.69) is 17.4 Å². The van der Waals surface area contributed by atoms with Gasteiger partial charge < -0.3 is 10.4 Å². The second kappa shape index (κ2) is 8.68. The molecule has 3 atom stereocenters. The van der Waals surface area contributed by atoms with Crippen molar-refractivity contribution in [2.45, 2.75) is 37.8 Å². The van der Waals surface area contributed by atoms with Crippen molar-refractivity contribution in [3.05, 3.63) is 65.7 Å². The maximum atomic E-state index is 15.3. The fourth-order valence-electron chi connectivity index (χ4n) is 3.75. The molecule has 0 saturated carbocycles. The summed E-state index contributed by atoms with van der Waals surface area (Å²) in [6.45, 7) is 3.50. The summed E-state index contributed by atoms with van der Waals surface area (Å²) in [5, 5.41) is 13.1. The van der Waals surface area contributed by atoms with E-state index in [1.165, 1.54) is 5.56 Å². The van der Waals surface area contributed by atoms with Crippen LogP contribution in [0.1, 0.15) is 43.2 Å². The summed E-state index contributed by atoms with van der Waals surface area (Å²) < 4.78 is 15.3. The normalized spacial score (nSPS) is 24.3. The van der Waals surface area contributed by atoms with Crippen LogP contribution in [0.25, 0.3) is 0 Å². The summed E-state index contributed by atoms with van der Waals surface area (Å²) >= 11 is 0. The van der Waals surface area contributed by atoms with E-state index in [1.807, 2.05) is 37.3 Å². The molecule has 3 rings (SSSR count). The Morgan fingerprint density at radius 1 is 1.16 bits per heavy atom. The minimum atomic E-state index is -1.10. The SMILES string of the molecule is CC1CNCCC1(F)CCC(c1ccccc1)c1cccc(O)c1.Cl. The molecule has 4 heteroatoms. The van der Waals surface area contributed by atoms with Gasteiger partial charge >= 0.3 is 0 Å². The van der Waals surface area contributed by atoms with E-state index >= 15 is 4.39 Å². The number of benzene rings is 2. The molecule has 0 radical (unpaired) electrons. The highest BCUT2D eigenvalue weighted by atomic mass is 35.5. The van der Waals surface area contributed by atoms with Crippen molar-refractivity contribution in [3.8, 4) is 5.75 Å². The maximum Gasteiger partial charge on any atom is 0.116 e. The molecule has 1 fully saturated rings. The van der Waals surface area contributed by atoms with Gasteiger partial charge in [0.15, 0.2) is 0 Å². The van der Waals surface area contributed by atoms with Crippen molar-refractivity contribution in [3.63, 3.8) is 0 Å². The van der Waals surface area contributed by atoms with Crippen molar-refractivity contribution in [1.82, 2.24) is 5.32 Å². The van der Waals surface area contributed by atoms with Crippen LogP contribution in [0.5, 0.6) is 5.75 Å². The first kappa shape index (κ1) is 19.7. The third-order valence-electron chi connectivity index (χ3n) is 5.37. The molecule has 0 spiro atoms. The van der Waals surface area contributed by atoms with Crippen LogP contribution in [0.4, 0.5) is 4.39 Å². The van der Waals surface area contributed by atoms with E-state index in [9.17, 15) is 5.11 Å². The van der Waals surface area contributed by atoms with Gasteiger partial charge in [-0.1, -0.05) is 49.4 Å². The average Bonchev–Trinajstić information content (AvgIpc) is 2.59. The zero-order valence-corrected chi connectivity index (χ0v) is 15.4. The van der Waals surface area contributed by atoms with Crippen LogP contribution in [-0.4, -0.2) is 23.9 Å². The third-order valence-corrected chi connectivity index (χ3v) is 5.37. The quantitative estimate of drug-likeness (QED) is 0.777. The number of phenols is 1. The smallest absolute Gasteiger partial charge is 0.116 e. The van der Waals surface area contributed by atoms with Gasteiger partial charge in [-0.15, -0.1) is 12.4 Å². The summed E-state index contributed by atoms with van der Waals surface area (Å²) in [5.74, 6) is 0.401.